The lowest BCUT2D eigenvalue weighted by Gasteiger charge is -2.14. The Bertz CT molecular complexity index is 831. The first-order chi connectivity index (χ1) is 12.8. The van der Waals surface area contributed by atoms with Gasteiger partial charge < -0.3 is 10.1 Å². The van der Waals surface area contributed by atoms with E-state index < -0.39 is 5.91 Å². The van der Waals surface area contributed by atoms with Crippen LogP contribution in [0.1, 0.15) is 25.3 Å². The molecule has 0 aliphatic rings. The second-order valence-electron chi connectivity index (χ2n) is 5.65. The summed E-state index contributed by atoms with van der Waals surface area (Å²) < 4.78 is 6.21. The van der Waals surface area contributed by atoms with Gasteiger partial charge in [-0.15, -0.1) is 0 Å². The quantitative estimate of drug-likeness (QED) is 0.288. The van der Waals surface area contributed by atoms with E-state index in [4.69, 9.17) is 62.7 Å². The standard InChI is InChI=1S/C18H15BrCl5NO2/c1-2-3-4-9-5-6-11(10(19)7-9)25-12(26)8-27-18-16(23)14(21)13(20)15(22)17(18)24/h5-7H,2-4,8H2,1H3,(H,25,26). The molecule has 0 saturated heterocycles. The zero-order valence-electron chi connectivity index (χ0n) is 14.1. The summed E-state index contributed by atoms with van der Waals surface area (Å²) >= 11 is 33.5. The molecule has 0 saturated carbocycles. The van der Waals surface area contributed by atoms with Crippen LogP contribution in [0.2, 0.25) is 25.1 Å². The van der Waals surface area contributed by atoms with Crippen molar-refractivity contribution in [2.75, 3.05) is 11.9 Å². The van der Waals surface area contributed by atoms with Crippen LogP contribution in [0.25, 0.3) is 0 Å². The lowest BCUT2D eigenvalue weighted by atomic mass is 10.1. The van der Waals surface area contributed by atoms with Gasteiger partial charge in [-0.05, 0) is 46.5 Å². The minimum absolute atomic E-state index is 0.00172. The highest BCUT2D eigenvalue weighted by atomic mass is 79.9. The Morgan fingerprint density at radius 3 is 2.19 bits per heavy atom. The third kappa shape index (κ3) is 5.81. The molecule has 0 spiro atoms. The summed E-state index contributed by atoms with van der Waals surface area (Å²) in [5.41, 5.74) is 1.83. The summed E-state index contributed by atoms with van der Waals surface area (Å²) in [7, 11) is 0. The maximum atomic E-state index is 12.2. The molecule has 1 N–H and O–H groups in total. The Hall–Kier alpha value is -0.360. The monoisotopic (exact) mass is 531 g/mol. The second-order valence-corrected chi connectivity index (χ2v) is 8.40. The van der Waals surface area contributed by atoms with Crippen LogP contribution < -0.4 is 10.1 Å². The van der Waals surface area contributed by atoms with Gasteiger partial charge in [0, 0.05) is 4.47 Å². The highest BCUT2D eigenvalue weighted by Crippen LogP contribution is 2.48. The van der Waals surface area contributed by atoms with Crippen molar-refractivity contribution in [3.8, 4) is 5.75 Å². The summed E-state index contributed by atoms with van der Waals surface area (Å²) in [5, 5.41) is 2.78. The number of hydrogen-bond acceptors (Lipinski definition) is 2. The number of aryl methyl sites for hydroxylation is 1. The van der Waals surface area contributed by atoms with Gasteiger partial charge in [0.2, 0.25) is 0 Å². The van der Waals surface area contributed by atoms with Crippen molar-refractivity contribution >= 4 is 85.5 Å². The average molecular weight is 534 g/mol. The molecule has 0 unspecified atom stereocenters. The van der Waals surface area contributed by atoms with Crippen LogP contribution in [0.5, 0.6) is 5.75 Å². The summed E-state index contributed by atoms with van der Waals surface area (Å²) in [4.78, 5) is 12.2. The van der Waals surface area contributed by atoms with E-state index in [1.807, 2.05) is 18.2 Å². The van der Waals surface area contributed by atoms with E-state index in [0.717, 1.165) is 23.7 Å². The van der Waals surface area contributed by atoms with E-state index >= 15 is 0 Å². The maximum absolute atomic E-state index is 12.2. The minimum Gasteiger partial charge on any atom is -0.481 e. The van der Waals surface area contributed by atoms with Gasteiger partial charge in [0.05, 0.1) is 20.8 Å². The van der Waals surface area contributed by atoms with E-state index in [1.54, 1.807) is 0 Å². The SMILES string of the molecule is CCCCc1ccc(NC(=O)COc2c(Cl)c(Cl)c(Cl)c(Cl)c2Cl)c(Br)c1. The van der Waals surface area contributed by atoms with Crippen molar-refractivity contribution < 1.29 is 9.53 Å². The molecule has 146 valence electrons. The topological polar surface area (TPSA) is 38.3 Å². The highest BCUT2D eigenvalue weighted by Gasteiger charge is 2.21. The lowest BCUT2D eigenvalue weighted by Crippen LogP contribution is -2.20. The maximum Gasteiger partial charge on any atom is 0.262 e. The van der Waals surface area contributed by atoms with Crippen molar-refractivity contribution in [1.82, 2.24) is 0 Å². The van der Waals surface area contributed by atoms with Crippen LogP contribution in [0.15, 0.2) is 22.7 Å². The van der Waals surface area contributed by atoms with Gasteiger partial charge in [0.15, 0.2) is 12.4 Å². The van der Waals surface area contributed by atoms with Crippen LogP contribution in [-0.4, -0.2) is 12.5 Å². The average Bonchev–Trinajstić information content (AvgIpc) is 2.65. The van der Waals surface area contributed by atoms with E-state index in [0.29, 0.717) is 5.69 Å². The summed E-state index contributed by atoms with van der Waals surface area (Å²) in [6.45, 7) is 1.81. The molecule has 0 bridgehead atoms. The van der Waals surface area contributed by atoms with Crippen LogP contribution in [-0.2, 0) is 11.2 Å². The van der Waals surface area contributed by atoms with Gasteiger partial charge in [-0.25, -0.2) is 0 Å². The van der Waals surface area contributed by atoms with Gasteiger partial charge >= 0.3 is 0 Å². The molecular formula is C18H15BrCl5NO2. The third-order valence-corrected chi connectivity index (χ3v) is 6.54. The molecule has 1 amide bonds. The molecular weight excluding hydrogens is 519 g/mol. The fraction of sp³-hybridized carbons (Fsp3) is 0.278. The number of carbonyl (C=O) groups is 1. The van der Waals surface area contributed by atoms with Crippen LogP contribution >= 0.6 is 73.9 Å². The van der Waals surface area contributed by atoms with Gasteiger partial charge in [-0.2, -0.15) is 0 Å². The van der Waals surface area contributed by atoms with Gasteiger partial charge in [0.25, 0.3) is 5.91 Å². The number of nitrogens with one attached hydrogen (secondary N) is 1. The Labute approximate surface area is 191 Å². The second kappa shape index (κ2) is 10.4. The molecule has 0 aliphatic carbocycles. The van der Waals surface area contributed by atoms with Gasteiger partial charge in [-0.1, -0.05) is 77.4 Å². The fourth-order valence-electron chi connectivity index (χ4n) is 2.23. The molecule has 9 heteroatoms. The molecule has 2 aromatic carbocycles. The fourth-order valence-corrected chi connectivity index (χ4v) is 3.99. The van der Waals surface area contributed by atoms with Crippen molar-refractivity contribution in [2.45, 2.75) is 26.2 Å². The normalized spacial score (nSPS) is 10.8. The third-order valence-electron chi connectivity index (χ3n) is 3.64. The molecule has 0 heterocycles. The summed E-state index contributed by atoms with van der Waals surface area (Å²) in [6, 6.07) is 5.80. The van der Waals surface area contributed by atoms with E-state index in [9.17, 15) is 4.79 Å². The molecule has 0 aromatic heterocycles. The molecule has 0 fully saturated rings. The molecule has 0 aliphatic heterocycles. The first-order valence-corrected chi connectivity index (χ1v) is 10.7. The molecule has 2 aromatic rings. The Morgan fingerprint density at radius 1 is 1.04 bits per heavy atom. The van der Waals surface area contributed by atoms with Crippen molar-refractivity contribution in [2.24, 2.45) is 0 Å². The van der Waals surface area contributed by atoms with Gasteiger partial charge in [0.1, 0.15) is 10.0 Å². The lowest BCUT2D eigenvalue weighted by molar-refractivity contribution is -0.118. The molecule has 27 heavy (non-hydrogen) atoms. The number of ether oxygens (including phenoxy) is 1. The van der Waals surface area contributed by atoms with Crippen LogP contribution in [0.4, 0.5) is 5.69 Å². The number of amides is 1. The molecule has 2 rings (SSSR count). The van der Waals surface area contributed by atoms with Crippen molar-refractivity contribution in [3.63, 3.8) is 0 Å². The van der Waals surface area contributed by atoms with Gasteiger partial charge in [-0.3, -0.25) is 4.79 Å². The van der Waals surface area contributed by atoms with E-state index in [1.165, 1.54) is 5.56 Å². The predicted molar refractivity (Wildman–Crippen MR) is 118 cm³/mol. The Balaban J connectivity index is 2.05. The van der Waals surface area contributed by atoms with E-state index in [-0.39, 0.29) is 37.5 Å². The summed E-state index contributed by atoms with van der Waals surface area (Å²) in [6.07, 6.45) is 3.22. The number of anilines is 1. The first kappa shape index (κ1) is 22.9. The summed E-state index contributed by atoms with van der Waals surface area (Å²) in [5.74, 6) is -0.395. The highest BCUT2D eigenvalue weighted by molar-refractivity contribution is 9.10. The number of halogens is 6. The van der Waals surface area contributed by atoms with Crippen LogP contribution in [0, 0.1) is 0 Å². The zero-order chi connectivity index (χ0) is 20.1. The number of rotatable bonds is 7. The number of carbonyl (C=O) groups excluding carboxylic acids is 1. The minimum atomic E-state index is -0.397. The van der Waals surface area contributed by atoms with Crippen molar-refractivity contribution in [1.29, 1.82) is 0 Å². The Morgan fingerprint density at radius 2 is 1.63 bits per heavy atom. The number of benzene rings is 2. The molecule has 3 nitrogen and oxygen atoms in total. The first-order valence-electron chi connectivity index (χ1n) is 7.98. The smallest absolute Gasteiger partial charge is 0.262 e. The zero-order valence-corrected chi connectivity index (χ0v) is 19.5. The largest absolute Gasteiger partial charge is 0.481 e. The van der Waals surface area contributed by atoms with Crippen molar-refractivity contribution in [3.05, 3.63) is 53.3 Å². The number of unbranched alkanes of at least 4 members (excludes halogenated alkanes) is 1. The Kier molecular flexibility index (Phi) is 8.85. The number of hydrogen-bond donors (Lipinski definition) is 1. The van der Waals surface area contributed by atoms with E-state index in [2.05, 4.69) is 28.2 Å². The predicted octanol–water partition coefficient (Wildman–Crippen LogP) is 8.08. The molecule has 0 radical (unpaired) electrons. The van der Waals surface area contributed by atoms with Crippen LogP contribution in [0.3, 0.4) is 0 Å². The molecule has 0 atom stereocenters.